The van der Waals surface area contributed by atoms with Crippen molar-refractivity contribution in [2.45, 2.75) is 6.54 Å². The van der Waals surface area contributed by atoms with Gasteiger partial charge in [0.2, 0.25) is 5.91 Å². The second-order valence-electron chi connectivity index (χ2n) is 6.88. The maximum atomic E-state index is 12.5. The van der Waals surface area contributed by atoms with Crippen LogP contribution >= 0.6 is 0 Å². The second-order valence-corrected chi connectivity index (χ2v) is 6.88. The van der Waals surface area contributed by atoms with Crippen molar-refractivity contribution in [3.05, 3.63) is 48.3 Å². The number of piperazine rings is 1. The molecule has 0 spiro atoms. The lowest BCUT2D eigenvalue weighted by Crippen LogP contribution is -2.52. The molecule has 144 valence electrons. The first-order valence-electron chi connectivity index (χ1n) is 9.06. The van der Waals surface area contributed by atoms with Crippen molar-refractivity contribution in [3.63, 3.8) is 0 Å². The molecular formula is C19H26N6O2. The molecule has 8 heteroatoms. The van der Waals surface area contributed by atoms with E-state index < -0.39 is 0 Å². The zero-order chi connectivity index (χ0) is 19.2. The molecule has 3 amide bonds. The Kier molecular flexibility index (Phi) is 6.08. The van der Waals surface area contributed by atoms with Crippen LogP contribution in [-0.2, 0) is 11.3 Å². The minimum Gasteiger partial charge on any atom is -0.348 e. The largest absolute Gasteiger partial charge is 0.348 e. The molecule has 3 rings (SSSR count). The lowest BCUT2D eigenvalue weighted by Gasteiger charge is -2.34. The van der Waals surface area contributed by atoms with Crippen LogP contribution in [0, 0.1) is 0 Å². The Morgan fingerprint density at radius 1 is 1.11 bits per heavy atom. The average molecular weight is 370 g/mol. The Balaban J connectivity index is 1.46. The van der Waals surface area contributed by atoms with Crippen molar-refractivity contribution in [2.75, 3.05) is 52.1 Å². The first kappa shape index (κ1) is 18.9. The van der Waals surface area contributed by atoms with Gasteiger partial charge in [-0.1, -0.05) is 12.1 Å². The van der Waals surface area contributed by atoms with Crippen LogP contribution < -0.4 is 5.32 Å². The highest BCUT2D eigenvalue weighted by molar-refractivity contribution is 5.89. The fraction of sp³-hybridized carbons (Fsp3) is 0.421. The molecule has 0 unspecified atom stereocenters. The number of hydrogen-bond acceptors (Lipinski definition) is 4. The third-order valence-corrected chi connectivity index (χ3v) is 4.63. The van der Waals surface area contributed by atoms with Gasteiger partial charge in [0.05, 0.1) is 13.1 Å². The van der Waals surface area contributed by atoms with E-state index in [-0.39, 0.29) is 11.9 Å². The maximum Gasteiger partial charge on any atom is 0.321 e. The van der Waals surface area contributed by atoms with Gasteiger partial charge in [-0.05, 0) is 23.8 Å². The third kappa shape index (κ3) is 5.30. The molecule has 27 heavy (non-hydrogen) atoms. The van der Waals surface area contributed by atoms with Gasteiger partial charge in [0.1, 0.15) is 0 Å². The first-order chi connectivity index (χ1) is 13.0. The van der Waals surface area contributed by atoms with Crippen LogP contribution in [0.1, 0.15) is 5.56 Å². The molecule has 1 aromatic heterocycles. The van der Waals surface area contributed by atoms with Crippen LogP contribution in [0.15, 0.2) is 42.7 Å². The topological polar surface area (TPSA) is 73.7 Å². The Morgan fingerprint density at radius 3 is 2.41 bits per heavy atom. The Labute approximate surface area is 159 Å². The number of amides is 3. The Hall–Kier alpha value is -2.87. The average Bonchev–Trinajstić information content (AvgIpc) is 3.17. The summed E-state index contributed by atoms with van der Waals surface area (Å²) in [5, 5.41) is 7.13. The van der Waals surface area contributed by atoms with Gasteiger partial charge in [0.25, 0.3) is 0 Å². The Bertz CT molecular complexity index is 749. The number of nitrogens with zero attached hydrogens (tertiary/aromatic N) is 5. The standard InChI is InChI=1S/C19H26N6O2/c1-22(2)18(26)15-23-10-12-24(13-11-23)19(27)21-17-6-4-16(5-7-17)14-25-9-3-8-20-25/h3-9H,10-15H2,1-2H3,(H,21,27). The smallest absolute Gasteiger partial charge is 0.321 e. The number of likely N-dealkylation sites (N-methyl/N-ethyl adjacent to an activating group) is 1. The molecule has 1 aromatic carbocycles. The van der Waals surface area contributed by atoms with Gasteiger partial charge in [0, 0.05) is 58.4 Å². The van der Waals surface area contributed by atoms with E-state index in [1.807, 2.05) is 41.2 Å². The van der Waals surface area contributed by atoms with E-state index in [1.54, 1.807) is 30.1 Å². The van der Waals surface area contributed by atoms with Gasteiger partial charge in [-0.15, -0.1) is 0 Å². The van der Waals surface area contributed by atoms with Crippen molar-refractivity contribution < 1.29 is 9.59 Å². The number of benzene rings is 1. The number of urea groups is 1. The first-order valence-corrected chi connectivity index (χ1v) is 9.06. The second kappa shape index (κ2) is 8.68. The quantitative estimate of drug-likeness (QED) is 0.857. The van der Waals surface area contributed by atoms with E-state index in [4.69, 9.17) is 0 Å². The maximum absolute atomic E-state index is 12.5. The highest BCUT2D eigenvalue weighted by atomic mass is 16.2. The van der Waals surface area contributed by atoms with Crippen molar-refractivity contribution in [1.29, 1.82) is 0 Å². The highest BCUT2D eigenvalue weighted by Gasteiger charge is 2.22. The van der Waals surface area contributed by atoms with Gasteiger partial charge in [-0.2, -0.15) is 5.10 Å². The molecule has 8 nitrogen and oxygen atoms in total. The van der Waals surface area contributed by atoms with Gasteiger partial charge in [-0.3, -0.25) is 14.4 Å². The summed E-state index contributed by atoms with van der Waals surface area (Å²) in [4.78, 5) is 29.7. The van der Waals surface area contributed by atoms with Gasteiger partial charge < -0.3 is 15.1 Å². The van der Waals surface area contributed by atoms with Crippen LogP contribution in [0.5, 0.6) is 0 Å². The molecule has 1 saturated heterocycles. The SMILES string of the molecule is CN(C)C(=O)CN1CCN(C(=O)Nc2ccc(Cn3cccn3)cc2)CC1. The summed E-state index contributed by atoms with van der Waals surface area (Å²) in [6.07, 6.45) is 3.67. The number of aromatic nitrogens is 2. The molecule has 1 fully saturated rings. The van der Waals surface area contributed by atoms with Crippen LogP contribution in [0.3, 0.4) is 0 Å². The summed E-state index contributed by atoms with van der Waals surface area (Å²) in [6.45, 7) is 3.74. The lowest BCUT2D eigenvalue weighted by molar-refractivity contribution is -0.130. The number of hydrogen-bond donors (Lipinski definition) is 1. The van der Waals surface area contributed by atoms with Crippen LogP contribution in [-0.4, -0.2) is 83.2 Å². The zero-order valence-corrected chi connectivity index (χ0v) is 15.8. The number of rotatable bonds is 5. The van der Waals surface area contributed by atoms with Crippen molar-refractivity contribution in [2.24, 2.45) is 0 Å². The normalized spacial score (nSPS) is 14.8. The molecule has 0 aliphatic carbocycles. The molecule has 2 aromatic rings. The molecule has 2 heterocycles. The number of carbonyl (C=O) groups excluding carboxylic acids is 2. The molecule has 0 atom stereocenters. The van der Waals surface area contributed by atoms with Gasteiger partial charge >= 0.3 is 6.03 Å². The molecule has 1 aliphatic heterocycles. The summed E-state index contributed by atoms with van der Waals surface area (Å²) in [7, 11) is 3.51. The predicted molar refractivity (Wildman–Crippen MR) is 103 cm³/mol. The fourth-order valence-corrected chi connectivity index (χ4v) is 2.92. The van der Waals surface area contributed by atoms with E-state index in [1.165, 1.54) is 0 Å². The zero-order valence-electron chi connectivity index (χ0n) is 15.8. The van der Waals surface area contributed by atoms with Crippen molar-refractivity contribution in [3.8, 4) is 0 Å². The van der Waals surface area contributed by atoms with Crippen molar-refractivity contribution in [1.82, 2.24) is 24.5 Å². The molecule has 0 saturated carbocycles. The number of anilines is 1. The number of carbonyl (C=O) groups is 2. The van der Waals surface area contributed by atoms with E-state index in [2.05, 4.69) is 15.3 Å². The summed E-state index contributed by atoms with van der Waals surface area (Å²) in [5.74, 6) is 0.0862. The molecular weight excluding hydrogens is 344 g/mol. The lowest BCUT2D eigenvalue weighted by atomic mass is 10.2. The molecule has 0 radical (unpaired) electrons. The minimum atomic E-state index is -0.103. The third-order valence-electron chi connectivity index (χ3n) is 4.63. The van der Waals surface area contributed by atoms with Gasteiger partial charge in [-0.25, -0.2) is 4.79 Å². The van der Waals surface area contributed by atoms with E-state index in [9.17, 15) is 9.59 Å². The van der Waals surface area contributed by atoms with E-state index in [0.29, 0.717) is 39.3 Å². The van der Waals surface area contributed by atoms with E-state index in [0.717, 1.165) is 11.3 Å². The summed E-state index contributed by atoms with van der Waals surface area (Å²) in [5.41, 5.74) is 1.89. The van der Waals surface area contributed by atoms with Crippen molar-refractivity contribution >= 4 is 17.6 Å². The Morgan fingerprint density at radius 2 is 1.81 bits per heavy atom. The summed E-state index contributed by atoms with van der Waals surface area (Å²) < 4.78 is 1.86. The fourth-order valence-electron chi connectivity index (χ4n) is 2.92. The monoisotopic (exact) mass is 370 g/mol. The van der Waals surface area contributed by atoms with Gasteiger partial charge in [0.15, 0.2) is 0 Å². The summed E-state index contributed by atoms with van der Waals surface area (Å²) >= 11 is 0. The minimum absolute atomic E-state index is 0.0862. The van der Waals surface area contributed by atoms with Crippen LogP contribution in [0.2, 0.25) is 0 Å². The predicted octanol–water partition coefficient (Wildman–Crippen LogP) is 1.17. The molecule has 1 aliphatic rings. The van der Waals surface area contributed by atoms with Crippen LogP contribution in [0.4, 0.5) is 10.5 Å². The van der Waals surface area contributed by atoms with Crippen LogP contribution in [0.25, 0.3) is 0 Å². The molecule has 1 N–H and O–H groups in total. The number of nitrogens with one attached hydrogen (secondary N) is 1. The molecule has 0 bridgehead atoms. The van der Waals surface area contributed by atoms with E-state index >= 15 is 0 Å². The highest BCUT2D eigenvalue weighted by Crippen LogP contribution is 2.12. The summed E-state index contributed by atoms with van der Waals surface area (Å²) in [6, 6.07) is 9.58.